The zero-order valence-corrected chi connectivity index (χ0v) is 20.0. The van der Waals surface area contributed by atoms with Crippen LogP contribution in [-0.4, -0.2) is 40.4 Å². The van der Waals surface area contributed by atoms with Crippen molar-refractivity contribution in [2.24, 2.45) is 10.9 Å². The van der Waals surface area contributed by atoms with Crippen molar-refractivity contribution in [3.63, 3.8) is 0 Å². The average molecular weight is 505 g/mol. The smallest absolute Gasteiger partial charge is 0.203 e. The van der Waals surface area contributed by atoms with Crippen molar-refractivity contribution in [3.8, 4) is 17.2 Å². The summed E-state index contributed by atoms with van der Waals surface area (Å²) in [5, 5.41) is 6.76. The first-order chi connectivity index (χ1) is 13.2. The van der Waals surface area contributed by atoms with E-state index in [1.165, 1.54) is 38.5 Å². The Kier molecular flexibility index (Phi) is 12.1. The van der Waals surface area contributed by atoms with Gasteiger partial charge in [0.1, 0.15) is 0 Å². The molecule has 1 aliphatic carbocycles. The monoisotopic (exact) mass is 505 g/mol. The van der Waals surface area contributed by atoms with Crippen molar-refractivity contribution in [1.82, 2.24) is 10.6 Å². The zero-order valence-electron chi connectivity index (χ0n) is 17.7. The van der Waals surface area contributed by atoms with Crippen LogP contribution >= 0.6 is 24.0 Å². The molecule has 0 radical (unpaired) electrons. The molecule has 1 saturated carbocycles. The first kappa shape index (κ1) is 24.7. The molecule has 0 saturated heterocycles. The molecule has 28 heavy (non-hydrogen) atoms. The zero-order chi connectivity index (χ0) is 19.5. The van der Waals surface area contributed by atoms with Gasteiger partial charge in [-0.3, -0.25) is 4.99 Å². The molecule has 0 aliphatic heterocycles. The van der Waals surface area contributed by atoms with Gasteiger partial charge in [0.25, 0.3) is 0 Å². The molecule has 2 rings (SSSR count). The van der Waals surface area contributed by atoms with Gasteiger partial charge in [0, 0.05) is 20.1 Å². The lowest BCUT2D eigenvalue weighted by molar-refractivity contribution is 0.288. The minimum absolute atomic E-state index is 0. The molecule has 1 aliphatic rings. The highest BCUT2D eigenvalue weighted by molar-refractivity contribution is 14.0. The molecule has 0 bridgehead atoms. The van der Waals surface area contributed by atoms with E-state index >= 15 is 0 Å². The molecular formula is C21H36IN3O3. The number of benzene rings is 1. The Balaban J connectivity index is 0.00000392. The van der Waals surface area contributed by atoms with Crippen LogP contribution in [0, 0.1) is 5.92 Å². The second-order valence-electron chi connectivity index (χ2n) is 6.91. The van der Waals surface area contributed by atoms with Crippen LogP contribution in [0.2, 0.25) is 0 Å². The molecule has 0 unspecified atom stereocenters. The standard InChI is InChI=1S/C21H35N3O3.HI/c1-5-27-20-18(25-3)13-17(14-19(20)26-4)15-24-21(22-2)23-12-8-11-16-9-6-7-10-16;/h13-14,16H,5-12,15H2,1-4H3,(H2,22,23,24);1H. The molecule has 0 amide bonds. The summed E-state index contributed by atoms with van der Waals surface area (Å²) in [6.07, 6.45) is 8.16. The van der Waals surface area contributed by atoms with Gasteiger partial charge < -0.3 is 24.8 Å². The van der Waals surface area contributed by atoms with E-state index in [4.69, 9.17) is 14.2 Å². The number of nitrogens with zero attached hydrogens (tertiary/aromatic N) is 1. The van der Waals surface area contributed by atoms with Crippen LogP contribution in [0.5, 0.6) is 17.2 Å². The van der Waals surface area contributed by atoms with Gasteiger partial charge in [0.2, 0.25) is 5.75 Å². The van der Waals surface area contributed by atoms with E-state index in [0.29, 0.717) is 30.4 Å². The molecule has 0 aromatic heterocycles. The van der Waals surface area contributed by atoms with Gasteiger partial charge in [-0.25, -0.2) is 0 Å². The maximum Gasteiger partial charge on any atom is 0.203 e. The Labute approximate surface area is 186 Å². The van der Waals surface area contributed by atoms with Gasteiger partial charge in [-0.1, -0.05) is 25.7 Å². The van der Waals surface area contributed by atoms with Crippen molar-refractivity contribution >= 4 is 29.9 Å². The Bertz CT molecular complexity index is 580. The van der Waals surface area contributed by atoms with Gasteiger partial charge >= 0.3 is 0 Å². The first-order valence-electron chi connectivity index (χ1n) is 10.0. The highest BCUT2D eigenvalue weighted by atomic mass is 127. The van der Waals surface area contributed by atoms with Gasteiger partial charge in [-0.05, 0) is 43.4 Å². The molecular weight excluding hydrogens is 469 g/mol. The number of methoxy groups -OCH3 is 2. The van der Waals surface area contributed by atoms with Crippen molar-refractivity contribution in [2.45, 2.75) is 52.0 Å². The summed E-state index contributed by atoms with van der Waals surface area (Å²) in [5.74, 6) is 3.74. The minimum atomic E-state index is 0. The number of halogens is 1. The number of aliphatic imine (C=N–C) groups is 1. The largest absolute Gasteiger partial charge is 0.493 e. The molecule has 1 fully saturated rings. The quantitative estimate of drug-likeness (QED) is 0.214. The third-order valence-electron chi connectivity index (χ3n) is 5.05. The van der Waals surface area contributed by atoms with Crippen LogP contribution in [0.3, 0.4) is 0 Å². The number of nitrogens with one attached hydrogen (secondary N) is 2. The molecule has 6 nitrogen and oxygen atoms in total. The molecule has 160 valence electrons. The second-order valence-corrected chi connectivity index (χ2v) is 6.91. The van der Waals surface area contributed by atoms with Gasteiger partial charge in [-0.2, -0.15) is 0 Å². The van der Waals surface area contributed by atoms with Crippen LogP contribution < -0.4 is 24.8 Å². The summed E-state index contributed by atoms with van der Waals surface area (Å²) in [6, 6.07) is 3.93. The Morgan fingerprint density at radius 3 is 2.29 bits per heavy atom. The predicted molar refractivity (Wildman–Crippen MR) is 126 cm³/mol. The molecule has 1 aromatic rings. The topological polar surface area (TPSA) is 64.1 Å². The SMILES string of the molecule is CCOc1c(OC)cc(CNC(=NC)NCCCC2CCCC2)cc1OC.I. The minimum Gasteiger partial charge on any atom is -0.493 e. The second kappa shape index (κ2) is 13.7. The maximum atomic E-state index is 5.65. The molecule has 2 N–H and O–H groups in total. The summed E-state index contributed by atoms with van der Waals surface area (Å²) in [6.45, 7) is 4.08. The van der Waals surface area contributed by atoms with Crippen LogP contribution in [0.4, 0.5) is 0 Å². The molecule has 0 atom stereocenters. The number of hydrogen-bond acceptors (Lipinski definition) is 4. The van der Waals surface area contributed by atoms with E-state index in [-0.39, 0.29) is 24.0 Å². The van der Waals surface area contributed by atoms with Gasteiger partial charge in [0.15, 0.2) is 17.5 Å². The fraction of sp³-hybridized carbons (Fsp3) is 0.667. The van der Waals surface area contributed by atoms with Crippen LogP contribution in [-0.2, 0) is 6.54 Å². The molecule has 1 aromatic carbocycles. The van der Waals surface area contributed by atoms with Crippen LogP contribution in [0.15, 0.2) is 17.1 Å². The molecule has 0 heterocycles. The van der Waals surface area contributed by atoms with E-state index in [9.17, 15) is 0 Å². The van der Waals surface area contributed by atoms with Crippen molar-refractivity contribution in [3.05, 3.63) is 17.7 Å². The fourth-order valence-electron chi connectivity index (χ4n) is 3.63. The Morgan fingerprint density at radius 2 is 1.75 bits per heavy atom. The number of ether oxygens (including phenoxy) is 3. The number of rotatable bonds is 10. The third kappa shape index (κ3) is 7.56. The summed E-state index contributed by atoms with van der Waals surface area (Å²) in [7, 11) is 5.07. The van der Waals surface area contributed by atoms with Crippen molar-refractivity contribution in [2.75, 3.05) is 34.4 Å². The summed E-state index contributed by atoms with van der Waals surface area (Å²) in [5.41, 5.74) is 1.04. The van der Waals surface area contributed by atoms with Crippen LogP contribution in [0.25, 0.3) is 0 Å². The van der Waals surface area contributed by atoms with E-state index in [1.54, 1.807) is 21.3 Å². The van der Waals surface area contributed by atoms with E-state index in [2.05, 4.69) is 15.6 Å². The fourth-order valence-corrected chi connectivity index (χ4v) is 3.63. The summed E-state index contributed by atoms with van der Waals surface area (Å²) < 4.78 is 16.6. The number of hydrogen-bond donors (Lipinski definition) is 2. The first-order valence-corrected chi connectivity index (χ1v) is 10.0. The highest BCUT2D eigenvalue weighted by Gasteiger charge is 2.15. The van der Waals surface area contributed by atoms with E-state index in [1.807, 2.05) is 19.1 Å². The van der Waals surface area contributed by atoms with Crippen LogP contribution in [0.1, 0.15) is 51.0 Å². The van der Waals surface area contributed by atoms with Gasteiger partial charge in [0.05, 0.1) is 20.8 Å². The summed E-state index contributed by atoms with van der Waals surface area (Å²) in [4.78, 5) is 4.31. The summed E-state index contributed by atoms with van der Waals surface area (Å²) >= 11 is 0. The highest BCUT2D eigenvalue weighted by Crippen LogP contribution is 2.38. The Hall–Kier alpha value is -1.38. The van der Waals surface area contributed by atoms with Crippen molar-refractivity contribution < 1.29 is 14.2 Å². The lowest BCUT2D eigenvalue weighted by Crippen LogP contribution is -2.37. The molecule has 7 heteroatoms. The number of guanidine groups is 1. The van der Waals surface area contributed by atoms with E-state index < -0.39 is 0 Å². The van der Waals surface area contributed by atoms with E-state index in [0.717, 1.165) is 24.0 Å². The lowest BCUT2D eigenvalue weighted by Gasteiger charge is -2.17. The maximum absolute atomic E-state index is 5.65. The average Bonchev–Trinajstić information content (AvgIpc) is 3.21. The Morgan fingerprint density at radius 1 is 1.11 bits per heavy atom. The normalized spacial score (nSPS) is 14.4. The van der Waals surface area contributed by atoms with Gasteiger partial charge in [-0.15, -0.1) is 24.0 Å². The third-order valence-corrected chi connectivity index (χ3v) is 5.05. The predicted octanol–water partition coefficient (Wildman–Crippen LogP) is 4.36. The van der Waals surface area contributed by atoms with Crippen molar-refractivity contribution in [1.29, 1.82) is 0 Å². The molecule has 0 spiro atoms. The lowest BCUT2D eigenvalue weighted by atomic mass is 10.0.